The lowest BCUT2D eigenvalue weighted by Gasteiger charge is -2.28. The standard InChI is InChI=1S/C14H17BrFNO4/c1-3-14(4-2,13(19)20)17-12(18)8-21-11-6-5-9(16)7-10(11)15/h5-7H,3-4,8H2,1-2H3,(H,17,18)(H,19,20). The zero-order valence-electron chi connectivity index (χ0n) is 11.8. The Hall–Kier alpha value is -1.63. The average Bonchev–Trinajstić information content (AvgIpc) is 2.43. The van der Waals surface area contributed by atoms with Crippen LogP contribution >= 0.6 is 15.9 Å². The summed E-state index contributed by atoms with van der Waals surface area (Å²) >= 11 is 3.12. The number of carboxylic acid groups (broad SMARTS) is 1. The summed E-state index contributed by atoms with van der Waals surface area (Å²) in [6.45, 7) is 3.03. The molecule has 0 heterocycles. The molecule has 0 aliphatic heterocycles. The fraction of sp³-hybridized carbons (Fsp3) is 0.429. The Morgan fingerprint density at radius 3 is 2.48 bits per heavy atom. The predicted molar refractivity (Wildman–Crippen MR) is 78.7 cm³/mol. The Kier molecular flexibility index (Phi) is 6.14. The van der Waals surface area contributed by atoms with Crippen molar-refractivity contribution >= 4 is 27.8 Å². The van der Waals surface area contributed by atoms with Crippen molar-refractivity contribution in [3.8, 4) is 5.75 Å². The van der Waals surface area contributed by atoms with E-state index in [-0.39, 0.29) is 19.4 Å². The van der Waals surface area contributed by atoms with Crippen LogP contribution in [-0.2, 0) is 9.59 Å². The average molecular weight is 362 g/mol. The maximum absolute atomic E-state index is 12.9. The number of carbonyl (C=O) groups excluding carboxylic acids is 1. The number of benzene rings is 1. The molecule has 0 atom stereocenters. The zero-order valence-corrected chi connectivity index (χ0v) is 13.4. The minimum Gasteiger partial charge on any atom is -0.483 e. The topological polar surface area (TPSA) is 75.6 Å². The summed E-state index contributed by atoms with van der Waals surface area (Å²) in [5.41, 5.74) is -1.29. The number of aliphatic carboxylic acids is 1. The van der Waals surface area contributed by atoms with Gasteiger partial charge in [0.25, 0.3) is 5.91 Å². The van der Waals surface area contributed by atoms with Crippen LogP contribution in [0.2, 0.25) is 0 Å². The molecule has 1 amide bonds. The molecule has 0 saturated heterocycles. The van der Waals surface area contributed by atoms with E-state index < -0.39 is 23.2 Å². The van der Waals surface area contributed by atoms with Crippen molar-refractivity contribution in [1.29, 1.82) is 0 Å². The van der Waals surface area contributed by atoms with Gasteiger partial charge in [-0.3, -0.25) is 4.79 Å². The second-order valence-corrected chi connectivity index (χ2v) is 5.36. The predicted octanol–water partition coefficient (Wildman–Crippen LogP) is 2.73. The third-order valence-electron chi connectivity index (χ3n) is 3.25. The van der Waals surface area contributed by atoms with Gasteiger partial charge in [0.1, 0.15) is 17.1 Å². The molecule has 2 N–H and O–H groups in total. The molecular weight excluding hydrogens is 345 g/mol. The summed E-state index contributed by atoms with van der Waals surface area (Å²) in [6, 6.07) is 3.81. The van der Waals surface area contributed by atoms with Crippen LogP contribution in [0.15, 0.2) is 22.7 Å². The Bertz CT molecular complexity index is 532. The Balaban J connectivity index is 2.67. The van der Waals surface area contributed by atoms with Crippen LogP contribution in [0.5, 0.6) is 5.75 Å². The quantitative estimate of drug-likeness (QED) is 0.782. The number of rotatable bonds is 7. The van der Waals surface area contributed by atoms with Gasteiger partial charge in [-0.15, -0.1) is 0 Å². The maximum Gasteiger partial charge on any atom is 0.329 e. The highest BCUT2D eigenvalue weighted by molar-refractivity contribution is 9.10. The maximum atomic E-state index is 12.9. The van der Waals surface area contributed by atoms with E-state index in [1.165, 1.54) is 18.2 Å². The first-order chi connectivity index (χ1) is 9.84. The van der Waals surface area contributed by atoms with Crippen molar-refractivity contribution < 1.29 is 23.8 Å². The van der Waals surface area contributed by atoms with Crippen molar-refractivity contribution in [2.45, 2.75) is 32.2 Å². The number of carbonyl (C=O) groups is 2. The van der Waals surface area contributed by atoms with Crippen LogP contribution < -0.4 is 10.1 Å². The fourth-order valence-electron chi connectivity index (χ4n) is 1.82. The van der Waals surface area contributed by atoms with Gasteiger partial charge in [-0.2, -0.15) is 0 Å². The van der Waals surface area contributed by atoms with Crippen molar-refractivity contribution in [2.24, 2.45) is 0 Å². The lowest BCUT2D eigenvalue weighted by molar-refractivity contribution is -0.148. The first kappa shape index (κ1) is 17.4. The lowest BCUT2D eigenvalue weighted by atomic mass is 9.93. The van der Waals surface area contributed by atoms with Gasteiger partial charge < -0.3 is 15.2 Å². The van der Waals surface area contributed by atoms with Gasteiger partial charge in [-0.1, -0.05) is 13.8 Å². The summed E-state index contributed by atoms with van der Waals surface area (Å²) in [6.07, 6.45) is 0.537. The molecule has 7 heteroatoms. The molecule has 0 saturated carbocycles. The van der Waals surface area contributed by atoms with E-state index in [1.807, 2.05) is 0 Å². The van der Waals surface area contributed by atoms with Crippen molar-refractivity contribution in [1.82, 2.24) is 5.32 Å². The minimum atomic E-state index is -1.29. The zero-order chi connectivity index (χ0) is 16.0. The van der Waals surface area contributed by atoms with Gasteiger partial charge in [0, 0.05) is 0 Å². The van der Waals surface area contributed by atoms with E-state index in [9.17, 15) is 19.1 Å². The van der Waals surface area contributed by atoms with Gasteiger partial charge in [0.05, 0.1) is 4.47 Å². The van der Waals surface area contributed by atoms with Crippen LogP contribution in [0.3, 0.4) is 0 Å². The van der Waals surface area contributed by atoms with Crippen molar-refractivity contribution in [3.05, 3.63) is 28.5 Å². The van der Waals surface area contributed by atoms with Crippen molar-refractivity contribution in [2.75, 3.05) is 6.61 Å². The number of amides is 1. The highest BCUT2D eigenvalue weighted by Crippen LogP contribution is 2.25. The Morgan fingerprint density at radius 1 is 1.38 bits per heavy atom. The first-order valence-corrected chi connectivity index (χ1v) is 7.26. The molecule has 0 unspecified atom stereocenters. The normalized spacial score (nSPS) is 11.0. The third-order valence-corrected chi connectivity index (χ3v) is 3.87. The molecule has 1 aromatic carbocycles. The van der Waals surface area contributed by atoms with Gasteiger partial charge in [0.2, 0.25) is 0 Å². The SMILES string of the molecule is CCC(CC)(NC(=O)COc1ccc(F)cc1Br)C(=O)O. The monoisotopic (exact) mass is 361 g/mol. The lowest BCUT2D eigenvalue weighted by Crippen LogP contribution is -2.54. The number of carboxylic acids is 1. The van der Waals surface area contributed by atoms with Crippen LogP contribution in [0, 0.1) is 5.82 Å². The second kappa shape index (κ2) is 7.40. The summed E-state index contributed by atoms with van der Waals surface area (Å²) in [7, 11) is 0. The second-order valence-electron chi connectivity index (χ2n) is 4.51. The van der Waals surface area contributed by atoms with E-state index in [0.717, 1.165) is 0 Å². The smallest absolute Gasteiger partial charge is 0.329 e. The summed E-state index contributed by atoms with van der Waals surface area (Å²) in [4.78, 5) is 23.1. The summed E-state index contributed by atoms with van der Waals surface area (Å²) in [5.74, 6) is -1.75. The number of hydrogen-bond donors (Lipinski definition) is 2. The number of halogens is 2. The van der Waals surface area contributed by atoms with E-state index in [2.05, 4.69) is 21.2 Å². The highest BCUT2D eigenvalue weighted by Gasteiger charge is 2.36. The van der Waals surface area contributed by atoms with E-state index in [1.54, 1.807) is 13.8 Å². The van der Waals surface area contributed by atoms with E-state index in [0.29, 0.717) is 10.2 Å². The molecule has 0 fully saturated rings. The highest BCUT2D eigenvalue weighted by atomic mass is 79.9. The molecule has 0 spiro atoms. The van der Waals surface area contributed by atoms with Crippen LogP contribution in [0.4, 0.5) is 4.39 Å². The molecule has 0 radical (unpaired) electrons. The minimum absolute atomic E-state index is 0.269. The van der Waals surface area contributed by atoms with Gasteiger partial charge in [-0.25, -0.2) is 9.18 Å². The number of ether oxygens (including phenoxy) is 1. The largest absolute Gasteiger partial charge is 0.483 e. The van der Waals surface area contributed by atoms with E-state index in [4.69, 9.17) is 4.74 Å². The molecule has 21 heavy (non-hydrogen) atoms. The van der Waals surface area contributed by atoms with Gasteiger partial charge in [0.15, 0.2) is 6.61 Å². The molecule has 0 aromatic heterocycles. The van der Waals surface area contributed by atoms with Gasteiger partial charge in [-0.05, 0) is 47.0 Å². The number of hydrogen-bond acceptors (Lipinski definition) is 3. The molecule has 5 nitrogen and oxygen atoms in total. The molecule has 1 rings (SSSR count). The summed E-state index contributed by atoms with van der Waals surface area (Å²) in [5, 5.41) is 11.7. The van der Waals surface area contributed by atoms with Crippen LogP contribution in [0.25, 0.3) is 0 Å². The molecule has 116 valence electrons. The molecule has 0 bridgehead atoms. The first-order valence-electron chi connectivity index (χ1n) is 6.47. The van der Waals surface area contributed by atoms with Gasteiger partial charge >= 0.3 is 5.97 Å². The van der Waals surface area contributed by atoms with Crippen LogP contribution in [0.1, 0.15) is 26.7 Å². The molecule has 0 aliphatic rings. The van der Waals surface area contributed by atoms with Crippen LogP contribution in [-0.4, -0.2) is 29.1 Å². The molecular formula is C14H17BrFNO4. The third kappa shape index (κ3) is 4.42. The molecule has 0 aliphatic carbocycles. The Labute approximate surface area is 130 Å². The Morgan fingerprint density at radius 2 is 2.00 bits per heavy atom. The summed E-state index contributed by atoms with van der Waals surface area (Å²) < 4.78 is 18.5. The fourth-order valence-corrected chi connectivity index (χ4v) is 2.29. The number of nitrogens with one attached hydrogen (secondary N) is 1. The molecule has 1 aromatic rings. The van der Waals surface area contributed by atoms with E-state index >= 15 is 0 Å². The van der Waals surface area contributed by atoms with Crippen molar-refractivity contribution in [3.63, 3.8) is 0 Å².